The summed E-state index contributed by atoms with van der Waals surface area (Å²) in [5, 5.41) is 0.429. The van der Waals surface area contributed by atoms with Gasteiger partial charge in [-0.15, -0.1) is 0 Å². The number of nitrogens with zero attached hydrogens (tertiary/aromatic N) is 4. The fourth-order valence-corrected chi connectivity index (χ4v) is 2.59. The quantitative estimate of drug-likeness (QED) is 0.799. The molecule has 0 aromatic carbocycles. The van der Waals surface area contributed by atoms with Crippen LogP contribution in [0.3, 0.4) is 0 Å². The van der Waals surface area contributed by atoms with E-state index >= 15 is 0 Å². The van der Waals surface area contributed by atoms with Crippen molar-refractivity contribution in [1.82, 2.24) is 14.9 Å². The molecule has 0 N–H and O–H groups in total. The van der Waals surface area contributed by atoms with Crippen LogP contribution >= 0.6 is 11.6 Å². The number of aromatic nitrogens is 2. The lowest BCUT2D eigenvalue weighted by Gasteiger charge is -2.25. The van der Waals surface area contributed by atoms with E-state index in [4.69, 9.17) is 16.3 Å². The summed E-state index contributed by atoms with van der Waals surface area (Å²) in [6.45, 7) is 7.83. The minimum Gasteiger partial charge on any atom is -0.444 e. The molecule has 22 heavy (non-hydrogen) atoms. The van der Waals surface area contributed by atoms with E-state index in [-0.39, 0.29) is 6.09 Å². The zero-order chi connectivity index (χ0) is 16.3. The minimum atomic E-state index is -0.458. The summed E-state index contributed by atoms with van der Waals surface area (Å²) < 4.78 is 5.41. The highest BCUT2D eigenvalue weighted by atomic mass is 35.5. The van der Waals surface area contributed by atoms with E-state index in [0.29, 0.717) is 23.6 Å². The Kier molecular flexibility index (Phi) is 5.11. The Morgan fingerprint density at radius 3 is 2.91 bits per heavy atom. The number of likely N-dealkylation sites (tertiary alicyclic amines) is 1. The maximum absolute atomic E-state index is 12.1. The second kappa shape index (κ2) is 6.69. The van der Waals surface area contributed by atoms with Crippen LogP contribution in [0.25, 0.3) is 0 Å². The SMILES string of the molecule is CN(CC1CCN(C(=O)OC(C)(C)C)C1)c1nccc(Cl)n1. The molecule has 1 aromatic heterocycles. The second-order valence-electron chi connectivity index (χ2n) is 6.64. The number of hydrogen-bond donors (Lipinski definition) is 0. The first-order chi connectivity index (χ1) is 10.2. The summed E-state index contributed by atoms with van der Waals surface area (Å²) >= 11 is 5.88. The van der Waals surface area contributed by atoms with Gasteiger partial charge in [-0.1, -0.05) is 11.6 Å². The molecule has 7 heteroatoms. The second-order valence-corrected chi connectivity index (χ2v) is 7.03. The number of amides is 1. The third-order valence-electron chi connectivity index (χ3n) is 3.42. The van der Waals surface area contributed by atoms with E-state index < -0.39 is 5.60 Å². The van der Waals surface area contributed by atoms with Crippen LogP contribution in [0, 0.1) is 5.92 Å². The Bertz CT molecular complexity index is 533. The number of anilines is 1. The third kappa shape index (κ3) is 4.73. The van der Waals surface area contributed by atoms with Gasteiger partial charge in [0.2, 0.25) is 5.95 Å². The maximum atomic E-state index is 12.1. The molecule has 0 radical (unpaired) electrons. The lowest BCUT2D eigenvalue weighted by Crippen LogP contribution is -2.36. The lowest BCUT2D eigenvalue weighted by molar-refractivity contribution is 0.0288. The van der Waals surface area contributed by atoms with Gasteiger partial charge in [0.05, 0.1) is 0 Å². The first-order valence-corrected chi connectivity index (χ1v) is 7.80. The minimum absolute atomic E-state index is 0.239. The normalized spacial score (nSPS) is 18.4. The predicted molar refractivity (Wildman–Crippen MR) is 86.2 cm³/mol. The number of hydrogen-bond acceptors (Lipinski definition) is 5. The molecule has 1 unspecified atom stereocenters. The van der Waals surface area contributed by atoms with Crippen molar-refractivity contribution < 1.29 is 9.53 Å². The molecule has 122 valence electrons. The van der Waals surface area contributed by atoms with Crippen LogP contribution in [0.1, 0.15) is 27.2 Å². The van der Waals surface area contributed by atoms with Crippen LogP contribution in [0.5, 0.6) is 0 Å². The molecule has 1 saturated heterocycles. The average molecular weight is 327 g/mol. The molecular formula is C15H23ClN4O2. The number of halogens is 1. The first kappa shape index (κ1) is 16.8. The third-order valence-corrected chi connectivity index (χ3v) is 3.63. The highest BCUT2D eigenvalue weighted by Crippen LogP contribution is 2.21. The van der Waals surface area contributed by atoms with E-state index in [9.17, 15) is 4.79 Å². The summed E-state index contributed by atoms with van der Waals surface area (Å²) in [7, 11) is 1.93. The number of ether oxygens (including phenoxy) is 1. The monoisotopic (exact) mass is 326 g/mol. The van der Waals surface area contributed by atoms with Crippen LogP contribution in [0.2, 0.25) is 5.15 Å². The van der Waals surface area contributed by atoms with Crippen molar-refractivity contribution >= 4 is 23.6 Å². The van der Waals surface area contributed by atoms with E-state index in [1.165, 1.54) is 0 Å². The molecule has 0 spiro atoms. The van der Waals surface area contributed by atoms with Crippen LogP contribution in [0.4, 0.5) is 10.7 Å². The van der Waals surface area contributed by atoms with E-state index in [0.717, 1.165) is 19.5 Å². The molecule has 1 amide bonds. The van der Waals surface area contributed by atoms with Gasteiger partial charge in [-0.2, -0.15) is 0 Å². The van der Waals surface area contributed by atoms with Crippen molar-refractivity contribution in [3.63, 3.8) is 0 Å². The van der Waals surface area contributed by atoms with Gasteiger partial charge in [0.15, 0.2) is 0 Å². The molecule has 1 aliphatic heterocycles. The van der Waals surface area contributed by atoms with Crippen molar-refractivity contribution in [3.05, 3.63) is 17.4 Å². The largest absolute Gasteiger partial charge is 0.444 e. The highest BCUT2D eigenvalue weighted by molar-refractivity contribution is 6.29. The van der Waals surface area contributed by atoms with Gasteiger partial charge in [-0.25, -0.2) is 14.8 Å². The molecule has 1 aliphatic rings. The number of carbonyl (C=O) groups excluding carboxylic acids is 1. The molecule has 0 saturated carbocycles. The van der Waals surface area contributed by atoms with Crippen molar-refractivity contribution in [2.24, 2.45) is 5.92 Å². The summed E-state index contributed by atoms with van der Waals surface area (Å²) in [5.41, 5.74) is -0.458. The Balaban J connectivity index is 1.87. The van der Waals surface area contributed by atoms with Crippen LogP contribution in [0.15, 0.2) is 12.3 Å². The maximum Gasteiger partial charge on any atom is 0.410 e. The van der Waals surface area contributed by atoms with Gasteiger partial charge >= 0.3 is 6.09 Å². The molecular weight excluding hydrogens is 304 g/mol. The molecule has 0 aliphatic carbocycles. The molecule has 1 fully saturated rings. The Labute approximate surface area is 136 Å². The van der Waals surface area contributed by atoms with Gasteiger partial charge < -0.3 is 14.5 Å². The summed E-state index contributed by atoms with van der Waals surface area (Å²) in [5.74, 6) is 0.975. The summed E-state index contributed by atoms with van der Waals surface area (Å²) in [6.07, 6.45) is 2.35. The molecule has 0 bridgehead atoms. The molecule has 1 aromatic rings. The summed E-state index contributed by atoms with van der Waals surface area (Å²) in [6, 6.07) is 1.65. The van der Waals surface area contributed by atoms with Gasteiger partial charge in [0.25, 0.3) is 0 Å². The molecule has 6 nitrogen and oxygen atoms in total. The first-order valence-electron chi connectivity index (χ1n) is 7.42. The van der Waals surface area contributed by atoms with Gasteiger partial charge in [0, 0.05) is 32.9 Å². The Hall–Kier alpha value is -1.56. The van der Waals surface area contributed by atoms with E-state index in [1.807, 2.05) is 32.7 Å². The van der Waals surface area contributed by atoms with E-state index in [1.54, 1.807) is 17.2 Å². The zero-order valence-electron chi connectivity index (χ0n) is 13.5. The van der Waals surface area contributed by atoms with Crippen molar-refractivity contribution in [2.75, 3.05) is 31.6 Å². The smallest absolute Gasteiger partial charge is 0.410 e. The van der Waals surface area contributed by atoms with Gasteiger partial charge in [0.1, 0.15) is 10.8 Å². The molecule has 2 rings (SSSR count). The van der Waals surface area contributed by atoms with Gasteiger partial charge in [-0.3, -0.25) is 0 Å². The Morgan fingerprint density at radius 2 is 2.27 bits per heavy atom. The molecule has 1 atom stereocenters. The topological polar surface area (TPSA) is 58.6 Å². The van der Waals surface area contributed by atoms with Crippen molar-refractivity contribution in [2.45, 2.75) is 32.8 Å². The van der Waals surface area contributed by atoms with Crippen LogP contribution < -0.4 is 4.90 Å². The van der Waals surface area contributed by atoms with E-state index in [2.05, 4.69) is 9.97 Å². The van der Waals surface area contributed by atoms with Gasteiger partial charge in [-0.05, 0) is 39.2 Å². The average Bonchev–Trinajstić information content (AvgIpc) is 2.85. The Morgan fingerprint density at radius 1 is 1.55 bits per heavy atom. The van der Waals surface area contributed by atoms with Crippen LogP contribution in [-0.2, 0) is 4.74 Å². The lowest BCUT2D eigenvalue weighted by atomic mass is 10.1. The highest BCUT2D eigenvalue weighted by Gasteiger charge is 2.30. The van der Waals surface area contributed by atoms with Crippen LogP contribution in [-0.4, -0.2) is 53.2 Å². The molecule has 2 heterocycles. The number of rotatable bonds is 3. The standard InChI is InChI=1S/C15H23ClN4O2/c1-15(2,3)22-14(21)20-8-6-11(10-20)9-19(4)13-17-7-5-12(16)18-13/h5,7,11H,6,8-10H2,1-4H3. The fraction of sp³-hybridized carbons (Fsp3) is 0.667. The number of carbonyl (C=O) groups is 1. The summed E-state index contributed by atoms with van der Waals surface area (Å²) in [4.78, 5) is 24.2. The van der Waals surface area contributed by atoms with Crippen molar-refractivity contribution in [1.29, 1.82) is 0 Å². The predicted octanol–water partition coefficient (Wildman–Crippen LogP) is 2.82. The van der Waals surface area contributed by atoms with Crippen molar-refractivity contribution in [3.8, 4) is 0 Å². The zero-order valence-corrected chi connectivity index (χ0v) is 14.3. The fourth-order valence-electron chi connectivity index (χ4n) is 2.45.